The molecule has 5 nitrogen and oxygen atoms in total. The lowest BCUT2D eigenvalue weighted by Crippen LogP contribution is -2.15. The first-order chi connectivity index (χ1) is 11.4. The molecule has 0 spiro atoms. The van der Waals surface area contributed by atoms with E-state index in [0.29, 0.717) is 27.0 Å². The Labute approximate surface area is 153 Å². The average molecular weight is 385 g/mol. The molecule has 0 saturated carbocycles. The van der Waals surface area contributed by atoms with Crippen LogP contribution in [-0.2, 0) is 10.5 Å². The quantitative estimate of drug-likeness (QED) is 0.556. The summed E-state index contributed by atoms with van der Waals surface area (Å²) in [5.74, 6) is 0.720. The van der Waals surface area contributed by atoms with Gasteiger partial charge < -0.3 is 5.32 Å². The van der Waals surface area contributed by atoms with E-state index in [1.165, 1.54) is 30.0 Å². The number of carbonyl (C=O) groups excluding carboxylic acids is 1. The SMILES string of the molecule is Cc1cc([N+](=O)[O-])ccc1NC(=O)CSCc1ccc(Cl)c(Cl)c1. The van der Waals surface area contributed by atoms with Crippen molar-refractivity contribution in [3.8, 4) is 0 Å². The summed E-state index contributed by atoms with van der Waals surface area (Å²) in [6.07, 6.45) is 0. The number of nitro groups is 1. The van der Waals surface area contributed by atoms with E-state index in [1.807, 2.05) is 6.07 Å². The molecule has 24 heavy (non-hydrogen) atoms. The third kappa shape index (κ3) is 5.12. The van der Waals surface area contributed by atoms with Crippen LogP contribution in [0.25, 0.3) is 0 Å². The fourth-order valence-electron chi connectivity index (χ4n) is 1.98. The van der Waals surface area contributed by atoms with E-state index < -0.39 is 4.92 Å². The first kappa shape index (κ1) is 18.6. The van der Waals surface area contributed by atoms with E-state index in [1.54, 1.807) is 19.1 Å². The molecule has 0 unspecified atom stereocenters. The summed E-state index contributed by atoms with van der Waals surface area (Å²) in [6.45, 7) is 1.71. The number of anilines is 1. The third-order valence-electron chi connectivity index (χ3n) is 3.18. The second-order valence-electron chi connectivity index (χ2n) is 5.05. The van der Waals surface area contributed by atoms with Crippen LogP contribution in [-0.4, -0.2) is 16.6 Å². The molecule has 0 fully saturated rings. The lowest BCUT2D eigenvalue weighted by molar-refractivity contribution is -0.384. The Hall–Kier alpha value is -1.76. The summed E-state index contributed by atoms with van der Waals surface area (Å²) in [4.78, 5) is 22.2. The number of carbonyl (C=O) groups is 1. The third-order valence-corrected chi connectivity index (χ3v) is 4.92. The highest BCUT2D eigenvalue weighted by molar-refractivity contribution is 7.99. The van der Waals surface area contributed by atoms with E-state index in [-0.39, 0.29) is 17.3 Å². The van der Waals surface area contributed by atoms with Gasteiger partial charge in [-0.3, -0.25) is 14.9 Å². The highest BCUT2D eigenvalue weighted by atomic mass is 35.5. The van der Waals surface area contributed by atoms with Crippen LogP contribution in [0.15, 0.2) is 36.4 Å². The number of nitrogens with one attached hydrogen (secondary N) is 1. The summed E-state index contributed by atoms with van der Waals surface area (Å²) >= 11 is 13.2. The molecule has 0 aromatic heterocycles. The van der Waals surface area contributed by atoms with Crippen molar-refractivity contribution in [2.45, 2.75) is 12.7 Å². The van der Waals surface area contributed by atoms with Crippen LogP contribution in [0.5, 0.6) is 0 Å². The van der Waals surface area contributed by atoms with Crippen molar-refractivity contribution < 1.29 is 9.72 Å². The second kappa shape index (κ2) is 8.37. The van der Waals surface area contributed by atoms with Gasteiger partial charge >= 0.3 is 0 Å². The standard InChI is InChI=1S/C16H14Cl2N2O3S/c1-10-6-12(20(22)23)3-5-15(10)19-16(21)9-24-8-11-2-4-13(17)14(18)7-11/h2-7H,8-9H2,1H3,(H,19,21). The van der Waals surface area contributed by atoms with Crippen molar-refractivity contribution in [2.75, 3.05) is 11.1 Å². The molecule has 0 atom stereocenters. The van der Waals surface area contributed by atoms with E-state index in [9.17, 15) is 14.9 Å². The summed E-state index contributed by atoms with van der Waals surface area (Å²) in [5, 5.41) is 14.4. The minimum absolute atomic E-state index is 0.000471. The number of hydrogen-bond donors (Lipinski definition) is 1. The van der Waals surface area contributed by atoms with Crippen LogP contribution in [0.4, 0.5) is 11.4 Å². The van der Waals surface area contributed by atoms with Gasteiger partial charge in [-0.05, 0) is 36.2 Å². The summed E-state index contributed by atoms with van der Waals surface area (Å²) in [6, 6.07) is 9.69. The maximum Gasteiger partial charge on any atom is 0.269 e. The number of thioether (sulfide) groups is 1. The molecule has 0 heterocycles. The van der Waals surface area contributed by atoms with E-state index in [0.717, 1.165) is 5.56 Å². The zero-order chi connectivity index (χ0) is 17.7. The number of rotatable bonds is 6. The highest BCUT2D eigenvalue weighted by Gasteiger charge is 2.10. The summed E-state index contributed by atoms with van der Waals surface area (Å²) < 4.78 is 0. The first-order valence-corrected chi connectivity index (χ1v) is 8.84. The molecule has 1 N–H and O–H groups in total. The molecular formula is C16H14Cl2N2O3S. The van der Waals surface area contributed by atoms with Gasteiger partial charge in [0.2, 0.25) is 5.91 Å². The van der Waals surface area contributed by atoms with Crippen LogP contribution in [0.1, 0.15) is 11.1 Å². The number of nitrogens with zero attached hydrogens (tertiary/aromatic N) is 1. The number of benzene rings is 2. The molecule has 126 valence electrons. The number of halogens is 2. The maximum atomic E-state index is 12.0. The summed E-state index contributed by atoms with van der Waals surface area (Å²) in [7, 11) is 0. The Morgan fingerprint density at radius 1 is 1.21 bits per heavy atom. The minimum atomic E-state index is -0.467. The molecule has 2 aromatic rings. The van der Waals surface area contributed by atoms with Crippen molar-refractivity contribution in [1.29, 1.82) is 0 Å². The van der Waals surface area contributed by atoms with Gasteiger partial charge in [0.1, 0.15) is 0 Å². The van der Waals surface area contributed by atoms with Crippen molar-refractivity contribution in [1.82, 2.24) is 0 Å². The number of aryl methyl sites for hydroxylation is 1. The molecule has 0 aliphatic rings. The molecule has 0 aliphatic heterocycles. The van der Waals surface area contributed by atoms with Crippen LogP contribution < -0.4 is 5.32 Å². The van der Waals surface area contributed by atoms with Crippen molar-refractivity contribution in [3.63, 3.8) is 0 Å². The Morgan fingerprint density at radius 2 is 1.96 bits per heavy atom. The molecule has 0 bridgehead atoms. The molecule has 0 radical (unpaired) electrons. The highest BCUT2D eigenvalue weighted by Crippen LogP contribution is 2.25. The summed E-state index contributed by atoms with van der Waals surface area (Å²) in [5.41, 5.74) is 2.20. The van der Waals surface area contributed by atoms with Gasteiger partial charge in [-0.15, -0.1) is 11.8 Å². The Morgan fingerprint density at radius 3 is 2.58 bits per heavy atom. The normalized spacial score (nSPS) is 10.5. The predicted molar refractivity (Wildman–Crippen MR) is 99.1 cm³/mol. The fraction of sp³-hybridized carbons (Fsp3) is 0.188. The topological polar surface area (TPSA) is 72.2 Å². The first-order valence-electron chi connectivity index (χ1n) is 6.93. The fourth-order valence-corrected chi connectivity index (χ4v) is 3.07. The zero-order valence-electron chi connectivity index (χ0n) is 12.7. The number of non-ortho nitro benzene ring substituents is 1. The van der Waals surface area contributed by atoms with E-state index in [2.05, 4.69) is 5.32 Å². The molecule has 2 aromatic carbocycles. The van der Waals surface area contributed by atoms with Crippen molar-refractivity contribution >= 4 is 52.2 Å². The number of hydrogen-bond acceptors (Lipinski definition) is 4. The van der Waals surface area contributed by atoms with Gasteiger partial charge in [0, 0.05) is 23.6 Å². The van der Waals surface area contributed by atoms with Crippen LogP contribution in [0.2, 0.25) is 10.0 Å². The predicted octanol–water partition coefficient (Wildman–Crippen LogP) is 5.08. The molecule has 8 heteroatoms. The van der Waals surface area contributed by atoms with Crippen LogP contribution in [0, 0.1) is 17.0 Å². The van der Waals surface area contributed by atoms with Gasteiger partial charge in [-0.25, -0.2) is 0 Å². The van der Waals surface area contributed by atoms with Gasteiger partial charge in [-0.2, -0.15) is 0 Å². The molecular weight excluding hydrogens is 371 g/mol. The number of nitro benzene ring substituents is 1. The molecule has 2 rings (SSSR count). The average Bonchev–Trinajstić information content (AvgIpc) is 2.52. The molecule has 0 saturated heterocycles. The Bertz CT molecular complexity index is 784. The number of amides is 1. The monoisotopic (exact) mass is 384 g/mol. The van der Waals surface area contributed by atoms with Crippen LogP contribution >= 0.6 is 35.0 Å². The lowest BCUT2D eigenvalue weighted by Gasteiger charge is -2.08. The van der Waals surface area contributed by atoms with E-state index in [4.69, 9.17) is 23.2 Å². The van der Waals surface area contributed by atoms with Gasteiger partial charge in [0.05, 0.1) is 20.7 Å². The van der Waals surface area contributed by atoms with Crippen molar-refractivity contribution in [2.24, 2.45) is 0 Å². The molecule has 1 amide bonds. The largest absolute Gasteiger partial charge is 0.325 e. The Kier molecular flexibility index (Phi) is 6.48. The van der Waals surface area contributed by atoms with Gasteiger partial charge in [0.25, 0.3) is 5.69 Å². The zero-order valence-corrected chi connectivity index (χ0v) is 15.0. The van der Waals surface area contributed by atoms with Gasteiger partial charge in [0.15, 0.2) is 0 Å². The maximum absolute atomic E-state index is 12.0. The Balaban J connectivity index is 1.87. The second-order valence-corrected chi connectivity index (χ2v) is 6.85. The van der Waals surface area contributed by atoms with E-state index >= 15 is 0 Å². The van der Waals surface area contributed by atoms with Crippen LogP contribution in [0.3, 0.4) is 0 Å². The van der Waals surface area contributed by atoms with Gasteiger partial charge in [-0.1, -0.05) is 29.3 Å². The lowest BCUT2D eigenvalue weighted by atomic mass is 10.2. The smallest absolute Gasteiger partial charge is 0.269 e. The minimum Gasteiger partial charge on any atom is -0.325 e. The van der Waals surface area contributed by atoms with Crippen molar-refractivity contribution in [3.05, 3.63) is 67.7 Å². The molecule has 0 aliphatic carbocycles.